The summed E-state index contributed by atoms with van der Waals surface area (Å²) in [7, 11) is 0. The van der Waals surface area contributed by atoms with E-state index in [4.69, 9.17) is 66.3 Å². The molecule has 0 spiro atoms. The molecule has 0 aromatic heterocycles. The Morgan fingerprint density at radius 3 is 1.37 bits per heavy atom. The van der Waals surface area contributed by atoms with Crippen LogP contribution in [-0.2, 0) is 111 Å². The molecule has 8 aromatic carbocycles. The Labute approximate surface area is 542 Å². The molecule has 4 heterocycles. The van der Waals surface area contributed by atoms with Crippen LogP contribution in [0.25, 0.3) is 0 Å². The highest BCUT2D eigenvalue weighted by molar-refractivity contribution is 5.89. The van der Waals surface area contributed by atoms with Gasteiger partial charge in [0.15, 0.2) is 37.4 Å². The Morgan fingerprint density at radius 1 is 0.419 bits per heavy atom. The molecule has 0 saturated carbocycles. The fourth-order valence-electron chi connectivity index (χ4n) is 12.1. The summed E-state index contributed by atoms with van der Waals surface area (Å²) in [5.41, 5.74) is 6.38. The molecule has 0 bridgehead atoms. The van der Waals surface area contributed by atoms with E-state index in [1.54, 1.807) is 24.3 Å². The van der Waals surface area contributed by atoms with Gasteiger partial charge in [-0.1, -0.05) is 231 Å². The Bertz CT molecular complexity index is 3500. The summed E-state index contributed by atoms with van der Waals surface area (Å²) in [6.07, 6.45) is -16.2. The van der Waals surface area contributed by atoms with Gasteiger partial charge >= 0.3 is 5.97 Å². The zero-order valence-corrected chi connectivity index (χ0v) is 52.0. The van der Waals surface area contributed by atoms with Gasteiger partial charge in [-0.2, -0.15) is 0 Å². The molecule has 4 aliphatic rings. The van der Waals surface area contributed by atoms with Crippen LogP contribution < -0.4 is 5.32 Å². The predicted octanol–water partition coefficient (Wildman–Crippen LogP) is 11.6. The topological polar surface area (TPSA) is 175 Å². The second-order valence-corrected chi connectivity index (χ2v) is 23.5. The molecular formula is C76H79NO16. The molecule has 0 aliphatic carbocycles. The maximum absolute atomic E-state index is 15.0. The van der Waals surface area contributed by atoms with E-state index in [0.29, 0.717) is 0 Å². The number of hydrogen-bond acceptors (Lipinski definition) is 16. The second-order valence-electron chi connectivity index (χ2n) is 23.5. The first-order valence-corrected chi connectivity index (χ1v) is 31.8. The smallest absolute Gasteiger partial charge is 0.338 e. The summed E-state index contributed by atoms with van der Waals surface area (Å²) >= 11 is 0. The first-order valence-electron chi connectivity index (χ1n) is 31.8. The summed E-state index contributed by atoms with van der Waals surface area (Å²) in [5, 5.41) is 3.13. The van der Waals surface area contributed by atoms with Crippen LogP contribution in [0.3, 0.4) is 0 Å². The van der Waals surface area contributed by atoms with E-state index < -0.39 is 104 Å². The van der Waals surface area contributed by atoms with Gasteiger partial charge in [0.05, 0.1) is 64.5 Å². The largest absolute Gasteiger partial charge is 0.453 e. The van der Waals surface area contributed by atoms with Crippen LogP contribution in [0.15, 0.2) is 243 Å². The van der Waals surface area contributed by atoms with Crippen molar-refractivity contribution in [3.8, 4) is 0 Å². The average molecular weight is 1260 g/mol. The molecule has 12 rings (SSSR count). The lowest BCUT2D eigenvalue weighted by Gasteiger charge is -2.53. The molecule has 17 nitrogen and oxygen atoms in total. The molecule has 17 heteroatoms. The Morgan fingerprint density at radius 2 is 0.849 bits per heavy atom. The second kappa shape index (κ2) is 32.8. The number of carbonyl (C=O) groups is 2. The summed E-state index contributed by atoms with van der Waals surface area (Å²) in [6, 6.07) is 75.9. The maximum atomic E-state index is 15.0. The lowest BCUT2D eigenvalue weighted by atomic mass is 9.94. The molecular weight excluding hydrogens is 1180 g/mol. The maximum Gasteiger partial charge on any atom is 0.338 e. The summed E-state index contributed by atoms with van der Waals surface area (Å²) in [6.45, 7) is 4.18. The van der Waals surface area contributed by atoms with Crippen molar-refractivity contribution >= 4 is 11.9 Å². The number of rotatable bonds is 27. The third-order valence-corrected chi connectivity index (χ3v) is 16.7. The SMILES string of the molecule is CC(=O)NC1C(OCc2ccccc2)OC(COCc2ccccc2)C(OC2OC3COC(c4ccccc4)OC3C(OC(=O)c3ccccc3)C2OC2OC(C)C(OCc3ccccc3)C(OCc3ccccc3)C2OCc2ccccc2)C1OCc1ccccc1. The van der Waals surface area contributed by atoms with Crippen molar-refractivity contribution in [1.29, 1.82) is 0 Å². The Hall–Kier alpha value is -7.82. The quantitative estimate of drug-likeness (QED) is 0.0481. The van der Waals surface area contributed by atoms with E-state index in [1.165, 1.54) is 6.92 Å². The monoisotopic (exact) mass is 1260 g/mol. The van der Waals surface area contributed by atoms with Crippen LogP contribution in [0.1, 0.15) is 69.4 Å². The van der Waals surface area contributed by atoms with E-state index in [1.807, 2.05) is 225 Å². The number of benzene rings is 8. The van der Waals surface area contributed by atoms with Gasteiger partial charge in [0.2, 0.25) is 5.91 Å². The minimum Gasteiger partial charge on any atom is -0.453 e. The van der Waals surface area contributed by atoms with Crippen molar-refractivity contribution in [3.63, 3.8) is 0 Å². The molecule has 93 heavy (non-hydrogen) atoms. The minimum absolute atomic E-state index is 0.0333. The number of nitrogens with one attached hydrogen (secondary N) is 1. The average Bonchev–Trinajstić information content (AvgIpc) is 0.828. The number of hydrogen-bond donors (Lipinski definition) is 1. The van der Waals surface area contributed by atoms with Crippen LogP contribution in [0.2, 0.25) is 0 Å². The first kappa shape index (κ1) is 65.3. The fraction of sp³-hybridized carbons (Fsp3) is 0.342. The summed E-state index contributed by atoms with van der Waals surface area (Å²) < 4.78 is 98.5. The molecule has 4 aliphatic heterocycles. The van der Waals surface area contributed by atoms with Crippen molar-refractivity contribution in [1.82, 2.24) is 5.32 Å². The molecule has 16 unspecified atom stereocenters. The minimum atomic E-state index is -1.50. The van der Waals surface area contributed by atoms with Gasteiger partial charge in [-0.15, -0.1) is 0 Å². The van der Waals surface area contributed by atoms with Crippen LogP contribution >= 0.6 is 0 Å². The number of amides is 1. The third kappa shape index (κ3) is 17.5. The Balaban J connectivity index is 0.975. The van der Waals surface area contributed by atoms with E-state index in [9.17, 15) is 4.79 Å². The highest BCUT2D eigenvalue weighted by atomic mass is 16.8. The van der Waals surface area contributed by atoms with Crippen LogP contribution in [0, 0.1) is 0 Å². The van der Waals surface area contributed by atoms with Crippen LogP contribution in [0.4, 0.5) is 0 Å². The fourth-order valence-corrected chi connectivity index (χ4v) is 12.1. The molecule has 1 amide bonds. The molecule has 0 radical (unpaired) electrons. The molecule has 8 aromatic rings. The Kier molecular flexibility index (Phi) is 23.0. The molecule has 484 valence electrons. The van der Waals surface area contributed by atoms with E-state index in [2.05, 4.69) is 5.32 Å². The highest BCUT2D eigenvalue weighted by Gasteiger charge is 2.59. The lowest BCUT2D eigenvalue weighted by Crippen LogP contribution is -2.70. The van der Waals surface area contributed by atoms with Crippen LogP contribution in [-0.4, -0.2) is 117 Å². The highest BCUT2D eigenvalue weighted by Crippen LogP contribution is 2.42. The zero-order valence-electron chi connectivity index (χ0n) is 52.0. The lowest BCUT2D eigenvalue weighted by molar-refractivity contribution is -0.409. The zero-order chi connectivity index (χ0) is 63.6. The van der Waals surface area contributed by atoms with Crippen molar-refractivity contribution in [2.24, 2.45) is 0 Å². The van der Waals surface area contributed by atoms with Crippen LogP contribution in [0.5, 0.6) is 0 Å². The summed E-state index contributed by atoms with van der Waals surface area (Å²) in [4.78, 5) is 28.7. The van der Waals surface area contributed by atoms with Crippen molar-refractivity contribution in [3.05, 3.63) is 287 Å². The van der Waals surface area contributed by atoms with Gasteiger partial charge in [0, 0.05) is 12.5 Å². The first-order chi connectivity index (χ1) is 45.8. The van der Waals surface area contributed by atoms with E-state index >= 15 is 4.79 Å². The van der Waals surface area contributed by atoms with Gasteiger partial charge in [0.25, 0.3) is 0 Å². The molecule has 4 saturated heterocycles. The van der Waals surface area contributed by atoms with Gasteiger partial charge in [-0.05, 0) is 52.4 Å². The number of carbonyl (C=O) groups excluding carboxylic acids is 2. The van der Waals surface area contributed by atoms with Crippen molar-refractivity contribution in [2.45, 2.75) is 152 Å². The van der Waals surface area contributed by atoms with Gasteiger partial charge in [-0.3, -0.25) is 4.79 Å². The third-order valence-electron chi connectivity index (χ3n) is 16.7. The normalized spacial score (nSPS) is 27.7. The van der Waals surface area contributed by atoms with Crippen molar-refractivity contribution < 1.29 is 75.9 Å². The van der Waals surface area contributed by atoms with E-state index in [0.717, 1.165) is 38.9 Å². The predicted molar refractivity (Wildman–Crippen MR) is 342 cm³/mol. The number of fused-ring (bicyclic) bond motifs is 1. The molecule has 16 atom stereocenters. The number of ether oxygens (including phenoxy) is 14. The van der Waals surface area contributed by atoms with E-state index in [-0.39, 0.29) is 64.3 Å². The van der Waals surface area contributed by atoms with Gasteiger partial charge in [-0.25, -0.2) is 4.79 Å². The number of esters is 1. The molecule has 1 N–H and O–H groups in total. The van der Waals surface area contributed by atoms with Gasteiger partial charge in [0.1, 0.15) is 54.9 Å². The standard InChI is InChI=1S/C76H79NO16/c1-51-64(81-44-54-29-13-4-14-30-54)68(83-46-56-33-17-6-18-34-56)70(84-47-57-35-19-7-20-36-57)75(87-51)93-71-69(90-72(79)59-39-23-9-24-40-59)66-62(50-86-73(91-66)60-41-25-10-26-42-60)89-76(71)92-65-61(49-80-43-53-27-11-3-12-28-53)88-74(85-48-58-37-21-8-22-38-58)63(77-52(2)78)67(65)82-45-55-31-15-5-16-32-55/h3-42,51,61-71,73-76H,43-50H2,1-2H3,(H,77,78). The van der Waals surface area contributed by atoms with Gasteiger partial charge < -0.3 is 71.6 Å². The van der Waals surface area contributed by atoms with Crippen molar-refractivity contribution in [2.75, 3.05) is 13.2 Å². The molecule has 4 fully saturated rings. The summed E-state index contributed by atoms with van der Waals surface area (Å²) in [5.74, 6) is -1.05.